The molecule has 2 atom stereocenters. The number of hydrogen-bond donors (Lipinski definition) is 5. The van der Waals surface area contributed by atoms with Crippen LogP contribution in [0.4, 0.5) is 24.5 Å². The molecule has 3 amide bonds. The van der Waals surface area contributed by atoms with Crippen molar-refractivity contribution in [1.29, 1.82) is 0 Å². The number of fused-ring (bicyclic) bond motifs is 5. The summed E-state index contributed by atoms with van der Waals surface area (Å²) in [6.07, 6.45) is -1.88. The third kappa shape index (κ3) is 6.70. The van der Waals surface area contributed by atoms with Crippen molar-refractivity contribution >= 4 is 40.0 Å². The molecular formula is C32H33F3N6O3. The minimum absolute atomic E-state index is 0.109. The molecule has 0 radical (unpaired) electrons. The predicted molar refractivity (Wildman–Crippen MR) is 163 cm³/mol. The Kier molecular flexibility index (Phi) is 8.91. The first-order chi connectivity index (χ1) is 21.0. The second kappa shape index (κ2) is 12.8. The molecule has 12 heteroatoms. The minimum Gasteiger partial charge on any atom is -0.374 e. The SMILES string of the molecule is CN1C(=O)CNC(=O)C(CCCN)Nc2cccc(c2)-c2cc(C(F)(F)F)ccc2NC(=O)C1Cc1c[nH]c2ccccc12. The van der Waals surface area contributed by atoms with Crippen molar-refractivity contribution in [3.63, 3.8) is 0 Å². The zero-order valence-corrected chi connectivity index (χ0v) is 24.0. The summed E-state index contributed by atoms with van der Waals surface area (Å²) in [5, 5.41) is 9.46. The summed E-state index contributed by atoms with van der Waals surface area (Å²) in [7, 11) is 1.46. The van der Waals surface area contributed by atoms with Crippen LogP contribution in [0.1, 0.15) is 24.0 Å². The van der Waals surface area contributed by atoms with Crippen LogP contribution >= 0.6 is 0 Å². The van der Waals surface area contributed by atoms with E-state index in [0.717, 1.165) is 28.6 Å². The van der Waals surface area contributed by atoms with Gasteiger partial charge in [0.2, 0.25) is 17.7 Å². The molecule has 1 aliphatic rings. The van der Waals surface area contributed by atoms with E-state index in [1.165, 1.54) is 18.0 Å². The van der Waals surface area contributed by atoms with Crippen LogP contribution in [0.2, 0.25) is 0 Å². The molecule has 9 nitrogen and oxygen atoms in total. The van der Waals surface area contributed by atoms with Gasteiger partial charge in [-0.15, -0.1) is 0 Å². The van der Waals surface area contributed by atoms with Crippen LogP contribution in [0.15, 0.2) is 72.9 Å². The maximum Gasteiger partial charge on any atom is 0.416 e. The van der Waals surface area contributed by atoms with Crippen molar-refractivity contribution in [2.75, 3.05) is 30.8 Å². The van der Waals surface area contributed by atoms with Crippen molar-refractivity contribution in [3.8, 4) is 11.1 Å². The number of H-pyrrole nitrogens is 1. The molecule has 2 unspecified atom stereocenters. The molecule has 0 spiro atoms. The number of para-hydroxylation sites is 1. The zero-order valence-electron chi connectivity index (χ0n) is 24.0. The van der Waals surface area contributed by atoms with E-state index in [2.05, 4.69) is 20.9 Å². The number of anilines is 2. The van der Waals surface area contributed by atoms with Crippen LogP contribution in [-0.2, 0) is 27.0 Å². The predicted octanol–water partition coefficient (Wildman–Crippen LogP) is 4.51. The van der Waals surface area contributed by atoms with Crippen molar-refractivity contribution in [2.45, 2.75) is 37.5 Å². The van der Waals surface area contributed by atoms with Crippen molar-refractivity contribution in [2.24, 2.45) is 5.73 Å². The number of aromatic nitrogens is 1. The summed E-state index contributed by atoms with van der Waals surface area (Å²) in [5.41, 5.74) is 7.57. The Balaban J connectivity index is 1.60. The van der Waals surface area contributed by atoms with Crippen LogP contribution in [0, 0.1) is 0 Å². The lowest BCUT2D eigenvalue weighted by Gasteiger charge is -2.28. The monoisotopic (exact) mass is 606 g/mol. The number of nitrogens with one attached hydrogen (secondary N) is 4. The molecule has 0 aliphatic carbocycles. The van der Waals surface area contributed by atoms with Crippen molar-refractivity contribution in [3.05, 3.63) is 84.1 Å². The van der Waals surface area contributed by atoms with Crippen LogP contribution in [0.5, 0.6) is 0 Å². The highest BCUT2D eigenvalue weighted by Gasteiger charge is 2.33. The van der Waals surface area contributed by atoms with Gasteiger partial charge in [0.1, 0.15) is 12.1 Å². The summed E-state index contributed by atoms with van der Waals surface area (Å²) >= 11 is 0. The van der Waals surface area contributed by atoms with E-state index >= 15 is 0 Å². The molecule has 1 aliphatic heterocycles. The van der Waals surface area contributed by atoms with Gasteiger partial charge in [-0.2, -0.15) is 13.2 Å². The van der Waals surface area contributed by atoms with E-state index in [1.54, 1.807) is 30.5 Å². The number of nitrogens with zero attached hydrogens (tertiary/aromatic N) is 1. The Labute approximate surface area is 252 Å². The van der Waals surface area contributed by atoms with E-state index in [0.29, 0.717) is 30.6 Å². The second-order valence-electron chi connectivity index (χ2n) is 10.8. The zero-order chi connectivity index (χ0) is 31.4. The van der Waals surface area contributed by atoms with Gasteiger partial charge in [-0.1, -0.05) is 30.3 Å². The number of amides is 3. The molecule has 230 valence electrons. The van der Waals surface area contributed by atoms with Crippen molar-refractivity contribution < 1.29 is 27.6 Å². The summed E-state index contributed by atoms with van der Waals surface area (Å²) in [5.74, 6) is -1.56. The first-order valence-corrected chi connectivity index (χ1v) is 14.2. The van der Waals surface area contributed by atoms with Gasteiger partial charge in [0.05, 0.1) is 12.1 Å². The Morgan fingerprint density at radius 2 is 1.77 bits per heavy atom. The summed E-state index contributed by atoms with van der Waals surface area (Å²) < 4.78 is 41.4. The summed E-state index contributed by atoms with van der Waals surface area (Å²) in [4.78, 5) is 44.9. The second-order valence-corrected chi connectivity index (χ2v) is 10.8. The maximum atomic E-state index is 13.9. The first kappa shape index (κ1) is 30.6. The third-order valence-corrected chi connectivity index (χ3v) is 7.80. The van der Waals surface area contributed by atoms with Gasteiger partial charge in [-0.3, -0.25) is 14.4 Å². The number of aromatic amines is 1. The molecule has 44 heavy (non-hydrogen) atoms. The normalized spacial score (nSPS) is 18.1. The number of rotatable bonds is 5. The number of carbonyl (C=O) groups excluding carboxylic acids is 3. The number of benzene rings is 3. The average Bonchev–Trinajstić information content (AvgIpc) is 3.42. The number of carbonyl (C=O) groups is 3. The van der Waals surface area contributed by atoms with Gasteiger partial charge in [0.25, 0.3) is 0 Å². The van der Waals surface area contributed by atoms with Gasteiger partial charge in [0.15, 0.2) is 0 Å². The maximum absolute atomic E-state index is 13.9. The molecule has 0 saturated carbocycles. The number of likely N-dealkylation sites (N-methyl/N-ethyl adjacent to an activating group) is 1. The lowest BCUT2D eigenvalue weighted by atomic mass is 9.98. The van der Waals surface area contributed by atoms with Crippen LogP contribution < -0.4 is 21.7 Å². The molecule has 5 rings (SSSR count). The number of hydrogen-bond acceptors (Lipinski definition) is 5. The van der Waals surface area contributed by atoms with Gasteiger partial charge in [-0.05, 0) is 66.9 Å². The summed E-state index contributed by atoms with van der Waals surface area (Å²) in [6.45, 7) is -0.0244. The molecule has 0 saturated heterocycles. The molecule has 4 aromatic rings. The number of halogens is 3. The Morgan fingerprint density at radius 3 is 2.55 bits per heavy atom. The Bertz CT molecular complexity index is 1690. The standard InChI is InChI=1S/C32H33F3N6O3/c1-41-28(15-20-17-37-25-9-3-2-8-23(20)25)31(44)40-26-12-11-21(32(33,34)35)16-24(26)19-6-4-7-22(14-19)39-27(10-5-13-36)30(43)38-18-29(41)42/h2-4,6-9,11-12,14,16-17,27-28,37,39H,5,10,13,15,18,36H2,1H3,(H,38,43)(H,40,44). The Hall–Kier alpha value is -4.84. The van der Waals surface area contributed by atoms with Gasteiger partial charge in [0, 0.05) is 47.5 Å². The van der Waals surface area contributed by atoms with E-state index < -0.39 is 41.5 Å². The fraction of sp³-hybridized carbons (Fsp3) is 0.281. The molecule has 6 N–H and O–H groups in total. The number of nitrogens with two attached hydrogens (primary N) is 1. The molecule has 2 heterocycles. The topological polar surface area (TPSA) is 132 Å². The molecule has 1 aromatic heterocycles. The van der Waals surface area contributed by atoms with Crippen LogP contribution in [0.3, 0.4) is 0 Å². The lowest BCUT2D eigenvalue weighted by Crippen LogP contribution is -2.51. The van der Waals surface area contributed by atoms with Crippen LogP contribution in [-0.4, -0.2) is 59.8 Å². The molecule has 2 bridgehead atoms. The van der Waals surface area contributed by atoms with E-state index in [-0.39, 0.29) is 24.2 Å². The minimum atomic E-state index is -4.62. The number of alkyl halides is 3. The van der Waals surface area contributed by atoms with Gasteiger partial charge >= 0.3 is 6.18 Å². The molecular weight excluding hydrogens is 573 g/mol. The fourth-order valence-electron chi connectivity index (χ4n) is 5.35. The smallest absolute Gasteiger partial charge is 0.374 e. The van der Waals surface area contributed by atoms with E-state index in [1.807, 2.05) is 24.3 Å². The summed E-state index contributed by atoms with van der Waals surface area (Å²) in [6, 6.07) is 15.4. The third-order valence-electron chi connectivity index (χ3n) is 7.80. The molecule has 3 aromatic carbocycles. The quantitative estimate of drug-likeness (QED) is 0.228. The van der Waals surface area contributed by atoms with E-state index in [9.17, 15) is 27.6 Å². The first-order valence-electron chi connectivity index (χ1n) is 14.2. The highest BCUT2D eigenvalue weighted by atomic mass is 19.4. The van der Waals surface area contributed by atoms with Crippen molar-refractivity contribution in [1.82, 2.24) is 15.2 Å². The molecule has 0 fully saturated rings. The highest BCUT2D eigenvalue weighted by Crippen LogP contribution is 2.37. The fourth-order valence-corrected chi connectivity index (χ4v) is 5.35. The van der Waals surface area contributed by atoms with Crippen LogP contribution in [0.25, 0.3) is 22.0 Å². The van der Waals surface area contributed by atoms with Gasteiger partial charge in [-0.25, -0.2) is 0 Å². The van der Waals surface area contributed by atoms with Gasteiger partial charge < -0.3 is 31.6 Å². The largest absolute Gasteiger partial charge is 0.416 e. The Morgan fingerprint density at radius 1 is 0.977 bits per heavy atom. The van der Waals surface area contributed by atoms with E-state index in [4.69, 9.17) is 5.73 Å². The highest BCUT2D eigenvalue weighted by molar-refractivity contribution is 6.01. The average molecular weight is 607 g/mol. The lowest BCUT2D eigenvalue weighted by molar-refractivity contribution is -0.137.